The molecule has 0 radical (unpaired) electrons. The summed E-state index contributed by atoms with van der Waals surface area (Å²) in [6.45, 7) is 0.174. The largest absolute Gasteiger partial charge is 0.497 e. The van der Waals surface area contributed by atoms with Crippen LogP contribution in [0.3, 0.4) is 0 Å². The van der Waals surface area contributed by atoms with Gasteiger partial charge in [0.25, 0.3) is 0 Å². The van der Waals surface area contributed by atoms with Crippen molar-refractivity contribution in [2.24, 2.45) is 0 Å². The quantitative estimate of drug-likeness (QED) is 0.688. The second-order valence-corrected chi connectivity index (χ2v) is 6.58. The Bertz CT molecular complexity index is 782. The van der Waals surface area contributed by atoms with Crippen molar-refractivity contribution < 1.29 is 23.8 Å². The van der Waals surface area contributed by atoms with Gasteiger partial charge in [-0.2, -0.15) is 0 Å². The molecule has 5 nitrogen and oxygen atoms in total. The normalized spacial score (nSPS) is 15.5. The van der Waals surface area contributed by atoms with Crippen LogP contribution in [0, 0.1) is 0 Å². The van der Waals surface area contributed by atoms with E-state index >= 15 is 0 Å². The second-order valence-electron chi connectivity index (χ2n) is 6.58. The Morgan fingerprint density at radius 3 is 2.52 bits per heavy atom. The predicted molar refractivity (Wildman–Crippen MR) is 100 cm³/mol. The van der Waals surface area contributed by atoms with Gasteiger partial charge in [-0.1, -0.05) is 36.4 Å². The number of carbonyl (C=O) groups excluding carboxylic acids is 2. The molecule has 3 rings (SSSR count). The molecule has 0 N–H and O–H groups in total. The Kier molecular flexibility index (Phi) is 6.47. The standard InChI is InChI=1S/C22H24O5/c1-25-18-11-9-16(10-12-18)15-26-21(23)13-14-22(24)27-20-8-4-6-17-5-2-3-7-19(17)20/h2-3,5,7,9-12,20H,4,6,8,13-15H2,1H3. The van der Waals surface area contributed by atoms with Crippen molar-refractivity contribution in [2.45, 2.75) is 44.8 Å². The third-order valence-electron chi connectivity index (χ3n) is 4.68. The molecule has 27 heavy (non-hydrogen) atoms. The first-order valence-corrected chi connectivity index (χ1v) is 9.21. The van der Waals surface area contributed by atoms with Crippen molar-refractivity contribution in [3.63, 3.8) is 0 Å². The molecular weight excluding hydrogens is 344 g/mol. The van der Waals surface area contributed by atoms with Crippen LogP contribution in [0.25, 0.3) is 0 Å². The van der Waals surface area contributed by atoms with E-state index in [0.29, 0.717) is 0 Å². The first-order chi connectivity index (χ1) is 13.2. The highest BCUT2D eigenvalue weighted by Crippen LogP contribution is 2.32. The molecule has 1 aliphatic carbocycles. The number of carbonyl (C=O) groups is 2. The summed E-state index contributed by atoms with van der Waals surface area (Å²) in [7, 11) is 1.60. The summed E-state index contributed by atoms with van der Waals surface area (Å²) in [4.78, 5) is 24.0. The SMILES string of the molecule is COc1ccc(COC(=O)CCC(=O)OC2CCCc3ccccc32)cc1. The van der Waals surface area contributed by atoms with Crippen LogP contribution in [-0.4, -0.2) is 19.0 Å². The maximum Gasteiger partial charge on any atom is 0.306 e. The zero-order valence-electron chi connectivity index (χ0n) is 15.5. The molecular formula is C22H24O5. The molecule has 5 heteroatoms. The van der Waals surface area contributed by atoms with Crippen LogP contribution < -0.4 is 4.74 Å². The van der Waals surface area contributed by atoms with Gasteiger partial charge in [-0.05, 0) is 48.1 Å². The molecule has 0 amide bonds. The highest BCUT2D eigenvalue weighted by atomic mass is 16.5. The Morgan fingerprint density at radius 1 is 1.00 bits per heavy atom. The number of ether oxygens (including phenoxy) is 3. The van der Waals surface area contributed by atoms with Gasteiger partial charge in [0, 0.05) is 0 Å². The van der Waals surface area contributed by atoms with E-state index in [0.717, 1.165) is 36.1 Å². The average molecular weight is 368 g/mol. The minimum atomic E-state index is -0.410. The van der Waals surface area contributed by atoms with Crippen LogP contribution in [0.4, 0.5) is 0 Å². The molecule has 0 aromatic heterocycles. The van der Waals surface area contributed by atoms with E-state index in [1.165, 1.54) is 5.56 Å². The van der Waals surface area contributed by atoms with E-state index in [9.17, 15) is 9.59 Å². The van der Waals surface area contributed by atoms with Gasteiger partial charge < -0.3 is 14.2 Å². The van der Waals surface area contributed by atoms with E-state index in [1.807, 2.05) is 42.5 Å². The summed E-state index contributed by atoms with van der Waals surface area (Å²) < 4.78 is 15.9. The summed E-state index contributed by atoms with van der Waals surface area (Å²) in [5, 5.41) is 0. The number of hydrogen-bond acceptors (Lipinski definition) is 5. The molecule has 0 fully saturated rings. The van der Waals surface area contributed by atoms with E-state index in [2.05, 4.69) is 6.07 Å². The van der Waals surface area contributed by atoms with Crippen molar-refractivity contribution in [3.05, 3.63) is 65.2 Å². The maximum atomic E-state index is 12.1. The molecule has 0 saturated heterocycles. The van der Waals surface area contributed by atoms with E-state index in [4.69, 9.17) is 14.2 Å². The minimum absolute atomic E-state index is 0.0172. The predicted octanol–water partition coefficient (Wildman–Crippen LogP) is 4.14. The first-order valence-electron chi connectivity index (χ1n) is 9.21. The lowest BCUT2D eigenvalue weighted by molar-refractivity contribution is -0.155. The van der Waals surface area contributed by atoms with Crippen LogP contribution in [0.15, 0.2) is 48.5 Å². The fourth-order valence-corrected chi connectivity index (χ4v) is 3.21. The van der Waals surface area contributed by atoms with Gasteiger partial charge in [0.2, 0.25) is 0 Å². The van der Waals surface area contributed by atoms with Gasteiger partial charge in [-0.3, -0.25) is 9.59 Å². The summed E-state index contributed by atoms with van der Waals surface area (Å²) in [6.07, 6.45) is 2.67. The summed E-state index contributed by atoms with van der Waals surface area (Å²) in [5.41, 5.74) is 3.19. The van der Waals surface area contributed by atoms with Gasteiger partial charge in [-0.25, -0.2) is 0 Å². The van der Waals surface area contributed by atoms with Crippen molar-refractivity contribution in [1.82, 2.24) is 0 Å². The monoisotopic (exact) mass is 368 g/mol. The zero-order chi connectivity index (χ0) is 19.1. The molecule has 0 heterocycles. The number of methoxy groups -OCH3 is 1. The van der Waals surface area contributed by atoms with Crippen LogP contribution >= 0.6 is 0 Å². The Morgan fingerprint density at radius 2 is 1.74 bits per heavy atom. The highest BCUT2D eigenvalue weighted by Gasteiger charge is 2.23. The highest BCUT2D eigenvalue weighted by molar-refractivity contribution is 5.77. The number of esters is 2. The number of hydrogen-bond donors (Lipinski definition) is 0. The summed E-state index contributed by atoms with van der Waals surface area (Å²) in [6, 6.07) is 15.3. The Balaban J connectivity index is 1.42. The molecule has 2 aromatic rings. The lowest BCUT2D eigenvalue weighted by atomic mass is 9.89. The fraction of sp³-hybridized carbons (Fsp3) is 0.364. The molecule has 0 spiro atoms. The third-order valence-corrected chi connectivity index (χ3v) is 4.68. The van der Waals surface area contributed by atoms with Crippen molar-refractivity contribution in [3.8, 4) is 5.75 Å². The smallest absolute Gasteiger partial charge is 0.306 e. The van der Waals surface area contributed by atoms with Gasteiger partial charge in [0.05, 0.1) is 20.0 Å². The molecule has 1 atom stereocenters. The maximum absolute atomic E-state index is 12.1. The van der Waals surface area contributed by atoms with Gasteiger partial charge in [-0.15, -0.1) is 0 Å². The molecule has 1 unspecified atom stereocenters. The van der Waals surface area contributed by atoms with E-state index in [1.54, 1.807) is 7.11 Å². The van der Waals surface area contributed by atoms with E-state index in [-0.39, 0.29) is 31.5 Å². The second kappa shape index (κ2) is 9.21. The molecule has 0 bridgehead atoms. The number of fused-ring (bicyclic) bond motifs is 1. The Hall–Kier alpha value is -2.82. The third kappa shape index (κ3) is 5.33. The molecule has 142 valence electrons. The van der Waals surface area contributed by atoms with Gasteiger partial charge >= 0.3 is 11.9 Å². The summed E-state index contributed by atoms with van der Waals surface area (Å²) in [5.74, 6) is -0.0259. The minimum Gasteiger partial charge on any atom is -0.497 e. The van der Waals surface area contributed by atoms with Crippen molar-refractivity contribution in [2.75, 3.05) is 7.11 Å². The van der Waals surface area contributed by atoms with Crippen LogP contribution in [0.5, 0.6) is 5.75 Å². The van der Waals surface area contributed by atoms with E-state index < -0.39 is 5.97 Å². The molecule has 2 aromatic carbocycles. The molecule has 1 aliphatic rings. The number of benzene rings is 2. The fourth-order valence-electron chi connectivity index (χ4n) is 3.21. The van der Waals surface area contributed by atoms with Crippen molar-refractivity contribution >= 4 is 11.9 Å². The summed E-state index contributed by atoms with van der Waals surface area (Å²) >= 11 is 0. The van der Waals surface area contributed by atoms with Crippen LogP contribution in [0.2, 0.25) is 0 Å². The van der Waals surface area contributed by atoms with Crippen molar-refractivity contribution in [1.29, 1.82) is 0 Å². The first kappa shape index (κ1) is 19.0. The lowest BCUT2D eigenvalue weighted by Gasteiger charge is -2.25. The topological polar surface area (TPSA) is 61.8 Å². The average Bonchev–Trinajstić information content (AvgIpc) is 2.71. The van der Waals surface area contributed by atoms with Crippen LogP contribution in [-0.2, 0) is 32.1 Å². The zero-order valence-corrected chi connectivity index (χ0v) is 15.5. The molecule has 0 aliphatic heterocycles. The van der Waals surface area contributed by atoms with Gasteiger partial charge in [0.15, 0.2) is 0 Å². The number of aryl methyl sites for hydroxylation is 1. The van der Waals surface area contributed by atoms with Gasteiger partial charge in [0.1, 0.15) is 18.5 Å². The Labute approximate surface area is 159 Å². The van der Waals surface area contributed by atoms with Crippen LogP contribution in [0.1, 0.15) is 48.5 Å². The lowest BCUT2D eigenvalue weighted by Crippen LogP contribution is -2.17. The molecule has 0 saturated carbocycles. The number of rotatable bonds is 7.